The van der Waals surface area contributed by atoms with Gasteiger partial charge in [0.25, 0.3) is 0 Å². The van der Waals surface area contributed by atoms with E-state index in [2.05, 4.69) is 11.1 Å². The van der Waals surface area contributed by atoms with E-state index in [-0.39, 0.29) is 5.75 Å². The third kappa shape index (κ3) is 3.01. The van der Waals surface area contributed by atoms with Gasteiger partial charge in [0.2, 0.25) is 0 Å². The van der Waals surface area contributed by atoms with Gasteiger partial charge in [-0.15, -0.1) is 0 Å². The maximum atomic E-state index is 9.62. The SMILES string of the molecule is CC.N#Cc1ccc(-c2cncc3ccc(O)cc23)cc1. The molecule has 0 bridgehead atoms. The van der Waals surface area contributed by atoms with Gasteiger partial charge >= 0.3 is 0 Å². The van der Waals surface area contributed by atoms with Crippen LogP contribution in [0.1, 0.15) is 19.4 Å². The number of phenols is 1. The van der Waals surface area contributed by atoms with Crippen LogP contribution in [0, 0.1) is 11.3 Å². The Morgan fingerprint density at radius 2 is 1.71 bits per heavy atom. The summed E-state index contributed by atoms with van der Waals surface area (Å²) in [6.07, 6.45) is 3.53. The van der Waals surface area contributed by atoms with Crippen LogP contribution < -0.4 is 0 Å². The number of pyridine rings is 1. The minimum atomic E-state index is 0.230. The molecule has 0 aliphatic heterocycles. The van der Waals surface area contributed by atoms with Crippen molar-refractivity contribution in [2.24, 2.45) is 0 Å². The maximum absolute atomic E-state index is 9.62. The minimum Gasteiger partial charge on any atom is -0.508 e. The summed E-state index contributed by atoms with van der Waals surface area (Å²) in [6.45, 7) is 4.00. The van der Waals surface area contributed by atoms with E-state index in [1.165, 1.54) is 0 Å². The van der Waals surface area contributed by atoms with Crippen molar-refractivity contribution in [2.75, 3.05) is 0 Å². The van der Waals surface area contributed by atoms with Gasteiger partial charge in [-0.2, -0.15) is 5.26 Å². The molecule has 3 aromatic rings. The van der Waals surface area contributed by atoms with Gasteiger partial charge in [-0.3, -0.25) is 4.98 Å². The summed E-state index contributed by atoms with van der Waals surface area (Å²) in [5.74, 6) is 0.230. The molecule has 3 rings (SSSR count). The fourth-order valence-corrected chi connectivity index (χ4v) is 2.11. The highest BCUT2D eigenvalue weighted by Crippen LogP contribution is 2.30. The Kier molecular flexibility index (Phi) is 4.53. The number of benzene rings is 2. The first-order chi connectivity index (χ1) is 10.3. The second kappa shape index (κ2) is 6.53. The van der Waals surface area contributed by atoms with Crippen molar-refractivity contribution < 1.29 is 5.11 Å². The Hall–Kier alpha value is -2.86. The lowest BCUT2D eigenvalue weighted by atomic mass is 10.00. The number of hydrogen-bond acceptors (Lipinski definition) is 3. The number of rotatable bonds is 1. The van der Waals surface area contributed by atoms with Gasteiger partial charge in [0.15, 0.2) is 0 Å². The van der Waals surface area contributed by atoms with E-state index in [1.807, 2.05) is 32.0 Å². The van der Waals surface area contributed by atoms with Gasteiger partial charge in [0.1, 0.15) is 5.75 Å². The molecule has 0 unspecified atom stereocenters. The van der Waals surface area contributed by atoms with Crippen LogP contribution in [0.2, 0.25) is 0 Å². The predicted molar refractivity (Wildman–Crippen MR) is 84.9 cm³/mol. The number of fused-ring (bicyclic) bond motifs is 1. The van der Waals surface area contributed by atoms with Crippen molar-refractivity contribution in [3.8, 4) is 22.9 Å². The Balaban J connectivity index is 0.000000774. The molecule has 21 heavy (non-hydrogen) atoms. The van der Waals surface area contributed by atoms with Crippen molar-refractivity contribution in [3.63, 3.8) is 0 Å². The van der Waals surface area contributed by atoms with Crippen LogP contribution in [-0.2, 0) is 0 Å². The second-order valence-corrected chi connectivity index (χ2v) is 4.28. The van der Waals surface area contributed by atoms with Crippen LogP contribution in [0.15, 0.2) is 54.9 Å². The van der Waals surface area contributed by atoms with E-state index in [0.717, 1.165) is 21.9 Å². The smallest absolute Gasteiger partial charge is 0.116 e. The largest absolute Gasteiger partial charge is 0.508 e. The van der Waals surface area contributed by atoms with Crippen molar-refractivity contribution >= 4 is 10.8 Å². The van der Waals surface area contributed by atoms with Crippen molar-refractivity contribution in [3.05, 3.63) is 60.4 Å². The van der Waals surface area contributed by atoms with E-state index in [0.29, 0.717) is 5.56 Å². The summed E-state index contributed by atoms with van der Waals surface area (Å²) >= 11 is 0. The molecule has 3 nitrogen and oxygen atoms in total. The molecule has 0 atom stereocenters. The number of aromatic hydroxyl groups is 1. The van der Waals surface area contributed by atoms with Crippen LogP contribution in [0.4, 0.5) is 0 Å². The summed E-state index contributed by atoms with van der Waals surface area (Å²) in [7, 11) is 0. The highest BCUT2D eigenvalue weighted by molar-refractivity contribution is 5.96. The first-order valence-corrected chi connectivity index (χ1v) is 6.85. The number of phenolic OH excluding ortho intramolecular Hbond substituents is 1. The molecule has 0 spiro atoms. The minimum absolute atomic E-state index is 0.230. The third-order valence-corrected chi connectivity index (χ3v) is 3.07. The van der Waals surface area contributed by atoms with E-state index in [9.17, 15) is 5.11 Å². The average molecular weight is 276 g/mol. The molecule has 0 aliphatic carbocycles. The highest BCUT2D eigenvalue weighted by Gasteiger charge is 2.05. The molecule has 0 saturated carbocycles. The Morgan fingerprint density at radius 1 is 1.00 bits per heavy atom. The maximum Gasteiger partial charge on any atom is 0.116 e. The normalized spacial score (nSPS) is 9.57. The molecule has 0 radical (unpaired) electrons. The number of hydrogen-bond donors (Lipinski definition) is 1. The van der Waals surface area contributed by atoms with Crippen LogP contribution >= 0.6 is 0 Å². The van der Waals surface area contributed by atoms with Gasteiger partial charge in [-0.05, 0) is 41.3 Å². The lowest BCUT2D eigenvalue weighted by molar-refractivity contribution is 0.476. The molecule has 1 heterocycles. The lowest BCUT2D eigenvalue weighted by Crippen LogP contribution is -1.84. The fourth-order valence-electron chi connectivity index (χ4n) is 2.11. The molecule has 2 aromatic carbocycles. The quantitative estimate of drug-likeness (QED) is 0.711. The molecular formula is C18H16N2O. The van der Waals surface area contributed by atoms with E-state index in [1.54, 1.807) is 36.7 Å². The molecule has 0 saturated heterocycles. The van der Waals surface area contributed by atoms with Gasteiger partial charge in [0, 0.05) is 23.3 Å². The molecule has 1 N–H and O–H groups in total. The summed E-state index contributed by atoms with van der Waals surface area (Å²) in [5.41, 5.74) is 2.54. The van der Waals surface area contributed by atoms with Crippen LogP contribution in [-0.4, -0.2) is 10.1 Å². The predicted octanol–water partition coefficient (Wildman–Crippen LogP) is 4.51. The second-order valence-electron chi connectivity index (χ2n) is 4.28. The fraction of sp³-hybridized carbons (Fsp3) is 0.111. The topological polar surface area (TPSA) is 56.9 Å². The number of aromatic nitrogens is 1. The molecule has 104 valence electrons. The summed E-state index contributed by atoms with van der Waals surface area (Å²) < 4.78 is 0. The zero-order valence-electron chi connectivity index (χ0n) is 12.0. The Labute approximate surface area is 124 Å². The van der Waals surface area contributed by atoms with Crippen molar-refractivity contribution in [2.45, 2.75) is 13.8 Å². The highest BCUT2D eigenvalue weighted by atomic mass is 16.3. The molecule has 1 aromatic heterocycles. The van der Waals surface area contributed by atoms with Crippen molar-refractivity contribution in [1.82, 2.24) is 4.98 Å². The van der Waals surface area contributed by atoms with Crippen LogP contribution in [0.25, 0.3) is 21.9 Å². The average Bonchev–Trinajstić information content (AvgIpc) is 2.56. The first kappa shape index (κ1) is 14.5. The third-order valence-electron chi connectivity index (χ3n) is 3.07. The van der Waals surface area contributed by atoms with E-state index in [4.69, 9.17) is 5.26 Å². The number of nitrogens with zero attached hydrogens (tertiary/aromatic N) is 2. The molecule has 0 aliphatic rings. The summed E-state index contributed by atoms with van der Waals surface area (Å²) in [6, 6.07) is 14.6. The van der Waals surface area contributed by atoms with Gasteiger partial charge in [-0.1, -0.05) is 26.0 Å². The Morgan fingerprint density at radius 3 is 2.38 bits per heavy atom. The molecular weight excluding hydrogens is 260 g/mol. The molecule has 0 fully saturated rings. The summed E-state index contributed by atoms with van der Waals surface area (Å²) in [5, 5.41) is 20.3. The molecule has 0 amide bonds. The van der Waals surface area contributed by atoms with E-state index >= 15 is 0 Å². The van der Waals surface area contributed by atoms with Crippen LogP contribution in [0.5, 0.6) is 5.75 Å². The standard InChI is InChI=1S/C16H10N2O.C2H6/c17-8-11-1-3-12(4-2-11)16-10-18-9-13-5-6-14(19)7-15(13)16;1-2/h1-7,9-10,19H;1-2H3. The number of nitriles is 1. The molecule has 3 heteroatoms. The van der Waals surface area contributed by atoms with E-state index < -0.39 is 0 Å². The zero-order valence-corrected chi connectivity index (χ0v) is 12.0. The summed E-state index contributed by atoms with van der Waals surface area (Å²) in [4.78, 5) is 4.21. The van der Waals surface area contributed by atoms with Crippen molar-refractivity contribution in [1.29, 1.82) is 5.26 Å². The van der Waals surface area contributed by atoms with Gasteiger partial charge < -0.3 is 5.11 Å². The lowest BCUT2D eigenvalue weighted by Gasteiger charge is -2.06. The first-order valence-electron chi connectivity index (χ1n) is 6.85. The zero-order chi connectivity index (χ0) is 15.2. The monoisotopic (exact) mass is 276 g/mol. The van der Waals surface area contributed by atoms with Gasteiger partial charge in [-0.25, -0.2) is 0 Å². The van der Waals surface area contributed by atoms with Crippen LogP contribution in [0.3, 0.4) is 0 Å². The van der Waals surface area contributed by atoms with Gasteiger partial charge in [0.05, 0.1) is 11.6 Å². The Bertz CT molecular complexity index is 786.